The molecule has 1 fully saturated rings. The highest BCUT2D eigenvalue weighted by Gasteiger charge is 2.29. The summed E-state index contributed by atoms with van der Waals surface area (Å²) in [7, 11) is -2.99. The fourth-order valence-corrected chi connectivity index (χ4v) is 5.28. The van der Waals surface area contributed by atoms with Gasteiger partial charge in [0.25, 0.3) is 5.91 Å². The molecule has 0 aromatic heterocycles. The average molecular weight is 396 g/mol. The highest BCUT2D eigenvalue weighted by molar-refractivity contribution is 7.98. The summed E-state index contributed by atoms with van der Waals surface area (Å²) in [6.45, 7) is 0. The summed E-state index contributed by atoms with van der Waals surface area (Å²) in [6.07, 6.45) is 0.490. The molecule has 2 aromatic rings. The maximum atomic E-state index is 12.2. The van der Waals surface area contributed by atoms with Crippen molar-refractivity contribution in [3.8, 4) is 0 Å². The van der Waals surface area contributed by atoms with Crippen LogP contribution in [0.2, 0.25) is 5.02 Å². The minimum absolute atomic E-state index is 0.0363. The van der Waals surface area contributed by atoms with Gasteiger partial charge in [-0.2, -0.15) is 0 Å². The molecule has 1 saturated heterocycles. The summed E-state index contributed by atoms with van der Waals surface area (Å²) < 4.78 is 22.9. The van der Waals surface area contributed by atoms with Crippen molar-refractivity contribution in [3.63, 3.8) is 0 Å². The molecule has 4 nitrogen and oxygen atoms in total. The fourth-order valence-electron chi connectivity index (χ4n) is 2.63. The van der Waals surface area contributed by atoms with Crippen molar-refractivity contribution in [1.82, 2.24) is 5.32 Å². The van der Waals surface area contributed by atoms with Gasteiger partial charge in [0.15, 0.2) is 9.84 Å². The Labute approximate surface area is 156 Å². The first-order chi connectivity index (χ1) is 11.9. The number of carbonyl (C=O) groups is 1. The van der Waals surface area contributed by atoms with Gasteiger partial charge in [-0.3, -0.25) is 4.79 Å². The van der Waals surface area contributed by atoms with E-state index in [1.807, 2.05) is 36.4 Å². The summed E-state index contributed by atoms with van der Waals surface area (Å²) in [6, 6.07) is 14.8. The van der Waals surface area contributed by atoms with E-state index in [-0.39, 0.29) is 23.5 Å². The van der Waals surface area contributed by atoms with Crippen LogP contribution in [-0.4, -0.2) is 31.9 Å². The van der Waals surface area contributed by atoms with E-state index in [9.17, 15) is 13.2 Å². The Kier molecular flexibility index (Phi) is 5.71. The quantitative estimate of drug-likeness (QED) is 0.786. The van der Waals surface area contributed by atoms with Crippen LogP contribution in [0.4, 0.5) is 0 Å². The Hall–Kier alpha value is -1.50. The van der Waals surface area contributed by atoms with Crippen LogP contribution < -0.4 is 5.32 Å². The first kappa shape index (κ1) is 18.3. The van der Waals surface area contributed by atoms with Crippen molar-refractivity contribution in [3.05, 3.63) is 64.7 Å². The number of hydrogen-bond acceptors (Lipinski definition) is 4. The maximum absolute atomic E-state index is 12.2. The summed E-state index contributed by atoms with van der Waals surface area (Å²) in [5.41, 5.74) is 1.66. The largest absolute Gasteiger partial charge is 0.348 e. The number of thioether (sulfide) groups is 1. The summed E-state index contributed by atoms with van der Waals surface area (Å²) in [4.78, 5) is 13.3. The predicted molar refractivity (Wildman–Crippen MR) is 102 cm³/mol. The van der Waals surface area contributed by atoms with Gasteiger partial charge in [0.1, 0.15) is 0 Å². The van der Waals surface area contributed by atoms with Crippen LogP contribution in [0.3, 0.4) is 0 Å². The molecule has 1 aliphatic heterocycles. The smallest absolute Gasteiger partial charge is 0.251 e. The van der Waals surface area contributed by atoms with Crippen molar-refractivity contribution in [2.45, 2.75) is 23.1 Å². The fraction of sp³-hybridized carbons (Fsp3) is 0.278. The van der Waals surface area contributed by atoms with Crippen LogP contribution >= 0.6 is 23.4 Å². The number of rotatable bonds is 5. The molecule has 0 bridgehead atoms. The lowest BCUT2D eigenvalue weighted by molar-refractivity contribution is 0.0941. The van der Waals surface area contributed by atoms with Gasteiger partial charge in [0, 0.05) is 27.3 Å². The van der Waals surface area contributed by atoms with Crippen LogP contribution in [-0.2, 0) is 15.6 Å². The normalized spacial score (nSPS) is 18.8. The van der Waals surface area contributed by atoms with Gasteiger partial charge in [0.2, 0.25) is 0 Å². The summed E-state index contributed by atoms with van der Waals surface area (Å²) in [5.74, 6) is 0.761. The molecule has 3 rings (SSSR count). The molecule has 1 heterocycles. The van der Waals surface area contributed by atoms with Crippen LogP contribution in [0.25, 0.3) is 0 Å². The SMILES string of the molecule is O=C(NC1CCS(=O)(=O)C1)c1ccc(CSc2ccc(Cl)cc2)cc1. The van der Waals surface area contributed by atoms with Gasteiger partial charge >= 0.3 is 0 Å². The molecular formula is C18H18ClNO3S2. The molecule has 0 radical (unpaired) electrons. The third-order valence-corrected chi connectivity index (χ3v) is 7.11. The van der Waals surface area contributed by atoms with E-state index in [1.165, 1.54) is 0 Å². The lowest BCUT2D eigenvalue weighted by Gasteiger charge is -2.11. The third kappa shape index (κ3) is 5.23. The van der Waals surface area contributed by atoms with E-state index in [0.29, 0.717) is 12.0 Å². The number of hydrogen-bond donors (Lipinski definition) is 1. The zero-order valence-corrected chi connectivity index (χ0v) is 15.8. The van der Waals surface area contributed by atoms with Gasteiger partial charge in [-0.15, -0.1) is 11.8 Å². The van der Waals surface area contributed by atoms with Crippen LogP contribution in [0.1, 0.15) is 22.3 Å². The van der Waals surface area contributed by atoms with Crippen molar-refractivity contribution < 1.29 is 13.2 Å². The van der Waals surface area contributed by atoms with E-state index in [1.54, 1.807) is 23.9 Å². The van der Waals surface area contributed by atoms with E-state index in [4.69, 9.17) is 11.6 Å². The second-order valence-corrected chi connectivity index (χ2v) is 9.73. The van der Waals surface area contributed by atoms with Crippen molar-refractivity contribution >= 4 is 39.1 Å². The highest BCUT2D eigenvalue weighted by Crippen LogP contribution is 2.24. The molecule has 0 spiro atoms. The van der Waals surface area contributed by atoms with E-state index < -0.39 is 9.84 Å². The standard InChI is InChI=1S/C18H18ClNO3S2/c19-15-5-7-17(8-6-15)24-11-13-1-3-14(4-2-13)18(21)20-16-9-10-25(22,23)12-16/h1-8,16H,9-12H2,(H,20,21). The second kappa shape index (κ2) is 7.81. The number of amides is 1. The Balaban J connectivity index is 1.54. The molecule has 0 saturated carbocycles. The van der Waals surface area contributed by atoms with Crippen LogP contribution in [0.15, 0.2) is 53.4 Å². The number of sulfone groups is 1. The van der Waals surface area contributed by atoms with Gasteiger partial charge in [0.05, 0.1) is 11.5 Å². The van der Waals surface area contributed by atoms with E-state index in [2.05, 4.69) is 5.32 Å². The molecule has 132 valence electrons. The number of nitrogens with one attached hydrogen (secondary N) is 1. The predicted octanol–water partition coefficient (Wildman–Crippen LogP) is 3.55. The molecule has 1 amide bonds. The van der Waals surface area contributed by atoms with Gasteiger partial charge < -0.3 is 5.32 Å². The van der Waals surface area contributed by atoms with E-state index >= 15 is 0 Å². The molecule has 1 unspecified atom stereocenters. The average Bonchev–Trinajstić information content (AvgIpc) is 2.93. The monoisotopic (exact) mass is 395 g/mol. The number of halogens is 1. The van der Waals surface area contributed by atoms with Gasteiger partial charge in [-0.1, -0.05) is 23.7 Å². The Morgan fingerprint density at radius 2 is 1.80 bits per heavy atom. The topological polar surface area (TPSA) is 63.2 Å². The van der Waals surface area contributed by atoms with Crippen molar-refractivity contribution in [2.75, 3.05) is 11.5 Å². The third-order valence-electron chi connectivity index (χ3n) is 4.00. The first-order valence-electron chi connectivity index (χ1n) is 7.90. The Morgan fingerprint density at radius 1 is 1.12 bits per heavy atom. The lowest BCUT2D eigenvalue weighted by atomic mass is 10.1. The van der Waals surface area contributed by atoms with Crippen molar-refractivity contribution in [1.29, 1.82) is 0 Å². The molecular weight excluding hydrogens is 378 g/mol. The zero-order chi connectivity index (χ0) is 17.9. The van der Waals surface area contributed by atoms with Crippen molar-refractivity contribution in [2.24, 2.45) is 0 Å². The van der Waals surface area contributed by atoms with Gasteiger partial charge in [-0.05, 0) is 48.4 Å². The Bertz CT molecular complexity index is 849. The number of carbonyl (C=O) groups excluding carboxylic acids is 1. The van der Waals surface area contributed by atoms with Gasteiger partial charge in [-0.25, -0.2) is 8.42 Å². The Morgan fingerprint density at radius 3 is 2.40 bits per heavy atom. The number of benzene rings is 2. The summed E-state index contributed by atoms with van der Waals surface area (Å²) in [5, 5.41) is 3.51. The first-order valence-corrected chi connectivity index (χ1v) is 11.1. The van der Waals surface area contributed by atoms with E-state index in [0.717, 1.165) is 21.2 Å². The highest BCUT2D eigenvalue weighted by atomic mass is 35.5. The molecule has 2 aromatic carbocycles. The molecule has 1 N–H and O–H groups in total. The maximum Gasteiger partial charge on any atom is 0.251 e. The molecule has 7 heteroatoms. The molecule has 25 heavy (non-hydrogen) atoms. The zero-order valence-electron chi connectivity index (χ0n) is 13.4. The molecule has 1 aliphatic rings. The van der Waals surface area contributed by atoms with Crippen LogP contribution in [0, 0.1) is 0 Å². The minimum Gasteiger partial charge on any atom is -0.348 e. The molecule has 1 atom stereocenters. The van der Waals surface area contributed by atoms with Crippen LogP contribution in [0.5, 0.6) is 0 Å². The molecule has 0 aliphatic carbocycles. The second-order valence-electron chi connectivity index (χ2n) is 6.01. The summed E-state index contributed by atoms with van der Waals surface area (Å²) >= 11 is 7.57. The minimum atomic E-state index is -2.99. The lowest BCUT2D eigenvalue weighted by Crippen LogP contribution is -2.35.